The van der Waals surface area contributed by atoms with Crippen LogP contribution in [-0.2, 0) is 6.54 Å². The molecular weight excluding hydrogens is 396 g/mol. The molecule has 0 saturated carbocycles. The number of ether oxygens (including phenoxy) is 3. The van der Waals surface area contributed by atoms with Crippen LogP contribution in [0, 0.1) is 0 Å². The third kappa shape index (κ3) is 3.30. The highest BCUT2D eigenvalue weighted by Gasteiger charge is 2.43. The summed E-state index contributed by atoms with van der Waals surface area (Å²) in [7, 11) is 5.06. The molecule has 3 aliphatic heterocycles. The van der Waals surface area contributed by atoms with E-state index in [9.17, 15) is 0 Å². The summed E-state index contributed by atoms with van der Waals surface area (Å²) in [5.74, 6) is 4.13. The standard InChI is InChI=1S/C24H30N2O3S/c1-27-20-13-22(29-3)21(28-2)12-16(20)14-25-10-8-19-18(15-25)17-6-4-7-23-24(17)26(19)9-5-11-30-23/h4,6-7,12-13,18-19H,5,8-11,14-15H2,1-3H3/t18-,19-/m1/s1. The SMILES string of the molecule is COc1cc(OC)c(OC)cc1CN1CC[C@@H]2[C@H](C1)c1cccc3c1N2CCCS3. The largest absolute Gasteiger partial charge is 0.496 e. The van der Waals surface area contributed by atoms with Gasteiger partial charge >= 0.3 is 0 Å². The van der Waals surface area contributed by atoms with Crippen molar-refractivity contribution in [3.05, 3.63) is 41.5 Å². The summed E-state index contributed by atoms with van der Waals surface area (Å²) in [4.78, 5) is 6.78. The van der Waals surface area contributed by atoms with Crippen molar-refractivity contribution in [1.29, 1.82) is 0 Å². The molecule has 5 nitrogen and oxygen atoms in total. The smallest absolute Gasteiger partial charge is 0.164 e. The summed E-state index contributed by atoms with van der Waals surface area (Å²) in [6, 6.07) is 11.6. The Morgan fingerprint density at radius 2 is 1.80 bits per heavy atom. The van der Waals surface area contributed by atoms with Crippen molar-refractivity contribution in [2.24, 2.45) is 0 Å². The van der Waals surface area contributed by atoms with Crippen LogP contribution in [0.5, 0.6) is 17.2 Å². The summed E-state index contributed by atoms with van der Waals surface area (Å²) in [6.07, 6.45) is 2.48. The Kier molecular flexibility index (Phi) is 5.46. The van der Waals surface area contributed by atoms with E-state index in [4.69, 9.17) is 14.2 Å². The molecule has 0 radical (unpaired) electrons. The van der Waals surface area contributed by atoms with Crippen molar-refractivity contribution in [3.63, 3.8) is 0 Å². The number of rotatable bonds is 5. The minimum Gasteiger partial charge on any atom is -0.496 e. The Balaban J connectivity index is 1.41. The number of para-hydroxylation sites is 1. The Labute approximate surface area is 183 Å². The Morgan fingerprint density at radius 3 is 2.60 bits per heavy atom. The van der Waals surface area contributed by atoms with Gasteiger partial charge in [0.25, 0.3) is 0 Å². The number of hydrogen-bond acceptors (Lipinski definition) is 6. The molecule has 2 aromatic rings. The second kappa shape index (κ2) is 8.23. The number of piperidine rings is 1. The zero-order valence-corrected chi connectivity index (χ0v) is 18.8. The Morgan fingerprint density at radius 1 is 1.00 bits per heavy atom. The number of nitrogens with zero attached hydrogens (tertiary/aromatic N) is 2. The van der Waals surface area contributed by atoms with E-state index in [-0.39, 0.29) is 0 Å². The fourth-order valence-electron chi connectivity index (χ4n) is 5.41. The average Bonchev–Trinajstić information content (AvgIpc) is 2.93. The molecule has 0 aliphatic carbocycles. The quantitative estimate of drug-likeness (QED) is 0.706. The van der Waals surface area contributed by atoms with Crippen molar-refractivity contribution < 1.29 is 14.2 Å². The molecule has 0 aromatic heterocycles. The number of benzene rings is 2. The number of anilines is 1. The highest BCUT2D eigenvalue weighted by Crippen LogP contribution is 2.50. The molecular formula is C24H30N2O3S. The number of fused-ring (bicyclic) bond motifs is 3. The number of methoxy groups -OCH3 is 3. The lowest BCUT2D eigenvalue weighted by atomic mass is 9.89. The predicted molar refractivity (Wildman–Crippen MR) is 122 cm³/mol. The van der Waals surface area contributed by atoms with E-state index in [2.05, 4.69) is 34.1 Å². The highest BCUT2D eigenvalue weighted by atomic mass is 32.2. The lowest BCUT2D eigenvalue weighted by Gasteiger charge is -2.39. The second-order valence-corrected chi connectivity index (χ2v) is 9.44. The van der Waals surface area contributed by atoms with Crippen LogP contribution >= 0.6 is 11.8 Å². The molecule has 3 aliphatic rings. The van der Waals surface area contributed by atoms with Gasteiger partial charge in [-0.1, -0.05) is 12.1 Å². The molecule has 0 unspecified atom stereocenters. The van der Waals surface area contributed by atoms with Gasteiger partial charge in [0.1, 0.15) is 5.75 Å². The first-order chi connectivity index (χ1) is 14.7. The van der Waals surface area contributed by atoms with Crippen LogP contribution in [0.25, 0.3) is 0 Å². The van der Waals surface area contributed by atoms with Gasteiger partial charge in [0.15, 0.2) is 11.5 Å². The summed E-state index contributed by atoms with van der Waals surface area (Å²) in [5.41, 5.74) is 4.23. The van der Waals surface area contributed by atoms with Gasteiger partial charge in [0.2, 0.25) is 0 Å². The third-order valence-electron chi connectivity index (χ3n) is 6.76. The van der Waals surface area contributed by atoms with Crippen molar-refractivity contribution in [1.82, 2.24) is 4.90 Å². The first kappa shape index (κ1) is 19.9. The predicted octanol–water partition coefficient (Wildman–Crippen LogP) is 4.39. The summed E-state index contributed by atoms with van der Waals surface area (Å²) >= 11 is 2.03. The van der Waals surface area contributed by atoms with Gasteiger partial charge in [-0.3, -0.25) is 4.90 Å². The maximum Gasteiger partial charge on any atom is 0.164 e. The topological polar surface area (TPSA) is 34.2 Å². The van der Waals surface area contributed by atoms with E-state index in [0.29, 0.717) is 17.7 Å². The van der Waals surface area contributed by atoms with Crippen molar-refractivity contribution in [2.75, 3.05) is 51.6 Å². The number of hydrogen-bond donors (Lipinski definition) is 0. The molecule has 6 heteroatoms. The minimum absolute atomic E-state index is 0.582. The third-order valence-corrected chi connectivity index (χ3v) is 7.89. The maximum absolute atomic E-state index is 5.67. The molecule has 2 aromatic carbocycles. The Bertz CT molecular complexity index is 935. The van der Waals surface area contributed by atoms with Gasteiger partial charge < -0.3 is 19.1 Å². The monoisotopic (exact) mass is 426 g/mol. The molecule has 2 atom stereocenters. The van der Waals surface area contributed by atoms with E-state index in [1.807, 2.05) is 17.8 Å². The molecule has 1 saturated heterocycles. The zero-order valence-electron chi connectivity index (χ0n) is 18.0. The van der Waals surface area contributed by atoms with E-state index >= 15 is 0 Å². The van der Waals surface area contributed by atoms with Crippen LogP contribution in [0.15, 0.2) is 35.2 Å². The van der Waals surface area contributed by atoms with Crippen LogP contribution in [-0.4, -0.2) is 57.7 Å². The lowest BCUT2D eigenvalue weighted by molar-refractivity contribution is 0.184. The van der Waals surface area contributed by atoms with E-state index in [1.54, 1.807) is 26.9 Å². The molecule has 0 N–H and O–H groups in total. The number of thioether (sulfide) groups is 1. The minimum atomic E-state index is 0.582. The van der Waals surface area contributed by atoms with Crippen molar-refractivity contribution >= 4 is 17.4 Å². The Hall–Kier alpha value is -2.05. The van der Waals surface area contributed by atoms with Gasteiger partial charge in [-0.05, 0) is 36.3 Å². The molecule has 30 heavy (non-hydrogen) atoms. The van der Waals surface area contributed by atoms with Crippen LogP contribution in [0.4, 0.5) is 5.69 Å². The van der Waals surface area contributed by atoms with E-state index in [0.717, 1.165) is 36.7 Å². The van der Waals surface area contributed by atoms with Gasteiger partial charge in [0, 0.05) is 54.7 Å². The molecule has 5 rings (SSSR count). The summed E-state index contributed by atoms with van der Waals surface area (Å²) < 4.78 is 16.6. The van der Waals surface area contributed by atoms with Gasteiger partial charge in [0.05, 0.1) is 27.0 Å². The normalized spacial score (nSPS) is 22.8. The average molecular weight is 427 g/mol. The molecule has 0 amide bonds. The second-order valence-electron chi connectivity index (χ2n) is 8.31. The first-order valence-corrected chi connectivity index (χ1v) is 11.8. The number of likely N-dealkylation sites (tertiary alicyclic amines) is 1. The molecule has 0 spiro atoms. The lowest BCUT2D eigenvalue weighted by Crippen LogP contribution is -2.46. The fourth-order valence-corrected chi connectivity index (χ4v) is 6.45. The fraction of sp³-hybridized carbons (Fsp3) is 0.500. The molecule has 0 bridgehead atoms. The van der Waals surface area contributed by atoms with E-state index in [1.165, 1.54) is 35.7 Å². The molecule has 1 fully saturated rings. The maximum atomic E-state index is 5.67. The van der Waals surface area contributed by atoms with Crippen LogP contribution in [0.3, 0.4) is 0 Å². The van der Waals surface area contributed by atoms with Crippen LogP contribution < -0.4 is 19.1 Å². The summed E-state index contributed by atoms with van der Waals surface area (Å²) in [6.45, 7) is 4.24. The molecule has 3 heterocycles. The first-order valence-electron chi connectivity index (χ1n) is 10.8. The van der Waals surface area contributed by atoms with Crippen LogP contribution in [0.2, 0.25) is 0 Å². The molecule has 160 valence electrons. The summed E-state index contributed by atoms with van der Waals surface area (Å²) in [5, 5.41) is 0. The highest BCUT2D eigenvalue weighted by molar-refractivity contribution is 7.99. The van der Waals surface area contributed by atoms with Gasteiger partial charge in [-0.15, -0.1) is 11.8 Å². The van der Waals surface area contributed by atoms with E-state index < -0.39 is 0 Å². The van der Waals surface area contributed by atoms with Gasteiger partial charge in [-0.25, -0.2) is 0 Å². The van der Waals surface area contributed by atoms with Crippen molar-refractivity contribution in [3.8, 4) is 17.2 Å². The van der Waals surface area contributed by atoms with Crippen LogP contribution in [0.1, 0.15) is 29.9 Å². The van der Waals surface area contributed by atoms with Crippen molar-refractivity contribution in [2.45, 2.75) is 36.2 Å². The zero-order chi connectivity index (χ0) is 20.7. The van der Waals surface area contributed by atoms with Gasteiger partial charge in [-0.2, -0.15) is 0 Å².